The van der Waals surface area contributed by atoms with Gasteiger partial charge in [0.2, 0.25) is 0 Å². The number of benzene rings is 1. The third-order valence-corrected chi connectivity index (χ3v) is 3.76. The molecule has 132 valence electrons. The molecule has 0 aliphatic heterocycles. The van der Waals surface area contributed by atoms with Gasteiger partial charge in [-0.3, -0.25) is 5.43 Å². The van der Waals surface area contributed by atoms with Gasteiger partial charge in [0.1, 0.15) is 11.5 Å². The molecule has 0 amide bonds. The minimum Gasteiger partial charge on any atom is -0.550 e. The smallest absolute Gasteiger partial charge is 0.191 e. The second kappa shape index (κ2) is 8.43. The maximum atomic E-state index is 10.5. The fourth-order valence-electron chi connectivity index (χ4n) is 2.24. The maximum Gasteiger partial charge on any atom is 0.191 e. The Morgan fingerprint density at radius 3 is 2.60 bits per heavy atom. The highest BCUT2D eigenvalue weighted by Crippen LogP contribution is 2.17. The number of hydrazone groups is 1. The molecule has 2 N–H and O–H groups in total. The molecule has 6 nitrogen and oxygen atoms in total. The molecule has 25 heavy (non-hydrogen) atoms. The van der Waals surface area contributed by atoms with E-state index >= 15 is 0 Å². The minimum atomic E-state index is -1.10. The Bertz CT molecular complexity index is 794. The summed E-state index contributed by atoms with van der Waals surface area (Å²) in [5.41, 5.74) is 6.33. The summed E-state index contributed by atoms with van der Waals surface area (Å²) < 4.78 is 5.55. The van der Waals surface area contributed by atoms with E-state index in [1.807, 2.05) is 38.1 Å². The van der Waals surface area contributed by atoms with E-state index in [0.29, 0.717) is 22.3 Å². The van der Waals surface area contributed by atoms with Crippen LogP contribution in [0.2, 0.25) is 0 Å². The van der Waals surface area contributed by atoms with Gasteiger partial charge >= 0.3 is 0 Å². The molecule has 0 saturated carbocycles. The van der Waals surface area contributed by atoms with Gasteiger partial charge in [-0.25, -0.2) is 0 Å². The molecule has 7 heteroatoms. The lowest BCUT2D eigenvalue weighted by Gasteiger charge is -2.08. The van der Waals surface area contributed by atoms with Crippen LogP contribution in [0.5, 0.6) is 0 Å². The van der Waals surface area contributed by atoms with Gasteiger partial charge in [0.15, 0.2) is 5.11 Å². The molecule has 2 aromatic rings. The number of carboxylic acid groups (broad SMARTS) is 1. The van der Waals surface area contributed by atoms with Crippen molar-refractivity contribution in [3.63, 3.8) is 0 Å². The largest absolute Gasteiger partial charge is 0.550 e. The lowest BCUT2D eigenvalue weighted by Crippen LogP contribution is -2.25. The van der Waals surface area contributed by atoms with Crippen LogP contribution in [-0.4, -0.2) is 16.8 Å². The number of aryl methyl sites for hydroxylation is 3. The number of furan rings is 1. The molecule has 0 radical (unpaired) electrons. The van der Waals surface area contributed by atoms with Crippen LogP contribution < -0.4 is 15.8 Å². The van der Waals surface area contributed by atoms with Crippen LogP contribution in [0.15, 0.2) is 39.9 Å². The first-order valence-corrected chi connectivity index (χ1v) is 8.23. The Morgan fingerprint density at radius 1 is 1.28 bits per heavy atom. The number of rotatable bonds is 6. The van der Waals surface area contributed by atoms with E-state index in [4.69, 9.17) is 16.6 Å². The molecule has 0 fully saturated rings. The molecular weight excluding hydrogens is 338 g/mol. The molecule has 0 unspecified atom stereocenters. The van der Waals surface area contributed by atoms with E-state index < -0.39 is 5.97 Å². The fourth-order valence-corrected chi connectivity index (χ4v) is 2.41. The summed E-state index contributed by atoms with van der Waals surface area (Å²) in [6.45, 7) is 5.64. The number of thiocarbonyl (C=S) groups is 1. The first-order chi connectivity index (χ1) is 11.8. The number of nitrogens with zero attached hydrogens (tertiary/aromatic N) is 1. The molecule has 0 saturated heterocycles. The van der Waals surface area contributed by atoms with Crippen molar-refractivity contribution < 1.29 is 14.3 Å². The summed E-state index contributed by atoms with van der Waals surface area (Å²) in [5.74, 6) is 0.163. The maximum absolute atomic E-state index is 10.5. The molecule has 1 aromatic carbocycles. The molecule has 0 spiro atoms. The summed E-state index contributed by atoms with van der Waals surface area (Å²) in [4.78, 5) is 10.5. The molecule has 2 rings (SSSR count). The van der Waals surface area contributed by atoms with Crippen molar-refractivity contribution in [1.29, 1.82) is 0 Å². The third kappa shape index (κ3) is 5.72. The van der Waals surface area contributed by atoms with Crippen molar-refractivity contribution in [2.45, 2.75) is 33.6 Å². The normalized spacial score (nSPS) is 11.2. The Morgan fingerprint density at radius 2 is 1.96 bits per heavy atom. The molecule has 0 aliphatic rings. The van der Waals surface area contributed by atoms with Gasteiger partial charge in [0, 0.05) is 23.6 Å². The zero-order chi connectivity index (χ0) is 18.4. The quantitative estimate of drug-likeness (QED) is 0.468. The van der Waals surface area contributed by atoms with Crippen LogP contribution >= 0.6 is 12.2 Å². The van der Waals surface area contributed by atoms with Crippen LogP contribution in [0.4, 0.5) is 5.69 Å². The van der Waals surface area contributed by atoms with Crippen LogP contribution in [0.3, 0.4) is 0 Å². The van der Waals surface area contributed by atoms with E-state index in [9.17, 15) is 9.90 Å². The van der Waals surface area contributed by atoms with Gasteiger partial charge in [-0.1, -0.05) is 17.7 Å². The monoisotopic (exact) mass is 358 g/mol. The lowest BCUT2D eigenvalue weighted by atomic mass is 10.1. The van der Waals surface area contributed by atoms with E-state index in [2.05, 4.69) is 15.8 Å². The van der Waals surface area contributed by atoms with Gasteiger partial charge < -0.3 is 19.6 Å². The second-order valence-electron chi connectivity index (χ2n) is 5.68. The number of carbonyl (C=O) groups excluding carboxylic acids is 1. The third-order valence-electron chi connectivity index (χ3n) is 3.57. The number of nitrogens with one attached hydrogen (secondary N) is 2. The SMILES string of the molecule is C/C(=N/NC(=S)Nc1ccc(C)cc1)c1cc(CCC(=O)[O-])oc1C. The summed E-state index contributed by atoms with van der Waals surface area (Å²) in [7, 11) is 0. The number of carbonyl (C=O) groups is 1. The highest BCUT2D eigenvalue weighted by molar-refractivity contribution is 7.80. The van der Waals surface area contributed by atoms with Crippen LogP contribution in [0, 0.1) is 13.8 Å². The number of anilines is 1. The second-order valence-corrected chi connectivity index (χ2v) is 6.09. The van der Waals surface area contributed by atoms with Crippen molar-refractivity contribution in [3.05, 3.63) is 53.0 Å². The molecule has 0 bridgehead atoms. The molecule has 1 aromatic heterocycles. The van der Waals surface area contributed by atoms with Crippen LogP contribution in [0.25, 0.3) is 0 Å². The first-order valence-electron chi connectivity index (χ1n) is 7.82. The van der Waals surface area contributed by atoms with Gasteiger partial charge in [-0.2, -0.15) is 5.10 Å². The van der Waals surface area contributed by atoms with Crippen molar-refractivity contribution in [2.24, 2.45) is 5.10 Å². The average molecular weight is 358 g/mol. The van der Waals surface area contributed by atoms with Gasteiger partial charge in [-0.15, -0.1) is 0 Å². The summed E-state index contributed by atoms with van der Waals surface area (Å²) in [5, 5.41) is 18.2. The number of aliphatic carboxylic acids is 1. The predicted molar refractivity (Wildman–Crippen MR) is 99.5 cm³/mol. The van der Waals surface area contributed by atoms with Gasteiger partial charge in [0.25, 0.3) is 0 Å². The van der Waals surface area contributed by atoms with E-state index in [1.165, 1.54) is 5.56 Å². The molecule has 0 aliphatic carbocycles. The first kappa shape index (κ1) is 18.7. The van der Waals surface area contributed by atoms with Crippen LogP contribution in [-0.2, 0) is 11.2 Å². The van der Waals surface area contributed by atoms with E-state index in [0.717, 1.165) is 11.3 Å². The van der Waals surface area contributed by atoms with E-state index in [1.54, 1.807) is 13.0 Å². The van der Waals surface area contributed by atoms with Gasteiger partial charge in [0.05, 0.1) is 5.71 Å². The Labute approximate surface area is 151 Å². The summed E-state index contributed by atoms with van der Waals surface area (Å²) >= 11 is 5.22. The summed E-state index contributed by atoms with van der Waals surface area (Å²) in [6, 6.07) is 9.63. The van der Waals surface area contributed by atoms with Gasteiger partial charge in [-0.05, 0) is 57.6 Å². The molecule has 0 atom stereocenters. The van der Waals surface area contributed by atoms with Crippen molar-refractivity contribution >= 4 is 34.7 Å². The summed E-state index contributed by atoms with van der Waals surface area (Å²) in [6.07, 6.45) is 0.211. The Kier molecular flexibility index (Phi) is 6.30. The molecular formula is C18H20N3O3S-. The zero-order valence-electron chi connectivity index (χ0n) is 14.4. The van der Waals surface area contributed by atoms with Crippen molar-refractivity contribution in [2.75, 3.05) is 5.32 Å². The highest BCUT2D eigenvalue weighted by Gasteiger charge is 2.10. The number of hydrogen-bond acceptors (Lipinski definition) is 5. The number of carboxylic acids is 1. The predicted octanol–water partition coefficient (Wildman–Crippen LogP) is 2.29. The standard InChI is InChI=1S/C18H21N3O3S/c1-11-4-6-14(7-5-11)19-18(25)21-20-12(2)16-10-15(24-13(16)3)8-9-17(22)23/h4-7,10H,8-9H2,1-3H3,(H,22,23)(H2,19,21,25)/p-1/b20-12-. The Hall–Kier alpha value is -2.67. The molecule has 1 heterocycles. The topological polar surface area (TPSA) is 89.7 Å². The average Bonchev–Trinajstić information content (AvgIpc) is 2.94. The van der Waals surface area contributed by atoms with E-state index in [-0.39, 0.29) is 12.8 Å². The zero-order valence-corrected chi connectivity index (χ0v) is 15.2. The number of hydrogen-bond donors (Lipinski definition) is 2. The highest BCUT2D eigenvalue weighted by atomic mass is 32.1. The van der Waals surface area contributed by atoms with Crippen molar-refractivity contribution in [1.82, 2.24) is 5.43 Å². The van der Waals surface area contributed by atoms with Crippen LogP contribution in [0.1, 0.15) is 36.0 Å². The fraction of sp³-hybridized carbons (Fsp3) is 0.278. The van der Waals surface area contributed by atoms with Crippen molar-refractivity contribution in [3.8, 4) is 0 Å². The lowest BCUT2D eigenvalue weighted by molar-refractivity contribution is -0.305. The minimum absolute atomic E-state index is 0.0780. The Balaban J connectivity index is 1.97.